The predicted molar refractivity (Wildman–Crippen MR) is 44.5 cm³/mol. The van der Waals surface area contributed by atoms with Crippen molar-refractivity contribution < 1.29 is 0 Å². The van der Waals surface area contributed by atoms with Gasteiger partial charge in [-0.3, -0.25) is 4.68 Å². The van der Waals surface area contributed by atoms with Crippen molar-refractivity contribution in [1.29, 1.82) is 5.26 Å². The van der Waals surface area contributed by atoms with E-state index >= 15 is 0 Å². The van der Waals surface area contributed by atoms with Gasteiger partial charge >= 0.3 is 0 Å². The quantitative estimate of drug-likeness (QED) is 0.576. The zero-order valence-corrected chi connectivity index (χ0v) is 7.12. The molecule has 1 unspecified atom stereocenters. The Balaban J connectivity index is 2.49. The molecule has 1 aliphatic carbocycles. The lowest BCUT2D eigenvalue weighted by atomic mass is 9.89. The van der Waals surface area contributed by atoms with Crippen LogP contribution in [0.4, 0.5) is 0 Å². The first-order valence-electron chi connectivity index (χ1n) is 4.23. The van der Waals surface area contributed by atoms with Crippen LogP contribution in [0.15, 0.2) is 6.20 Å². The van der Waals surface area contributed by atoms with Crippen LogP contribution in [0, 0.1) is 11.3 Å². The van der Waals surface area contributed by atoms with Crippen molar-refractivity contribution in [1.82, 2.24) is 9.78 Å². The summed E-state index contributed by atoms with van der Waals surface area (Å²) < 4.78 is 1.84. The van der Waals surface area contributed by atoms with Crippen molar-refractivity contribution in [2.75, 3.05) is 0 Å². The summed E-state index contributed by atoms with van der Waals surface area (Å²) in [4.78, 5) is 0. The van der Waals surface area contributed by atoms with E-state index in [1.807, 2.05) is 17.9 Å². The van der Waals surface area contributed by atoms with Crippen molar-refractivity contribution in [3.63, 3.8) is 0 Å². The SMILES string of the molecule is Cn1ncc2c1C(C#N)CCC2. The molecule has 0 aromatic carbocycles. The molecule has 1 heterocycles. The Morgan fingerprint density at radius 3 is 3.33 bits per heavy atom. The summed E-state index contributed by atoms with van der Waals surface area (Å²) in [6.45, 7) is 0. The molecule has 0 saturated carbocycles. The Morgan fingerprint density at radius 1 is 1.75 bits per heavy atom. The summed E-state index contributed by atoms with van der Waals surface area (Å²) in [7, 11) is 1.91. The van der Waals surface area contributed by atoms with Crippen molar-refractivity contribution in [2.45, 2.75) is 25.2 Å². The van der Waals surface area contributed by atoms with Crippen LogP contribution in [0.3, 0.4) is 0 Å². The highest BCUT2D eigenvalue weighted by Crippen LogP contribution is 2.29. The van der Waals surface area contributed by atoms with Gasteiger partial charge in [-0.15, -0.1) is 0 Å². The summed E-state index contributed by atoms with van der Waals surface area (Å²) >= 11 is 0. The van der Waals surface area contributed by atoms with Crippen LogP contribution in [0.2, 0.25) is 0 Å². The molecule has 1 aliphatic rings. The third-order valence-electron chi connectivity index (χ3n) is 2.49. The molecule has 1 aromatic rings. The van der Waals surface area contributed by atoms with Crippen LogP contribution >= 0.6 is 0 Å². The lowest BCUT2D eigenvalue weighted by molar-refractivity contribution is 0.584. The van der Waals surface area contributed by atoms with Gasteiger partial charge in [-0.05, 0) is 24.8 Å². The van der Waals surface area contributed by atoms with Crippen molar-refractivity contribution in [3.8, 4) is 6.07 Å². The average Bonchev–Trinajstić information content (AvgIpc) is 2.48. The van der Waals surface area contributed by atoms with Crippen molar-refractivity contribution in [3.05, 3.63) is 17.5 Å². The van der Waals surface area contributed by atoms with Gasteiger partial charge in [0.05, 0.1) is 23.9 Å². The second kappa shape index (κ2) is 2.63. The summed E-state index contributed by atoms with van der Waals surface area (Å²) in [6.07, 6.45) is 5.08. The highest BCUT2D eigenvalue weighted by molar-refractivity contribution is 5.28. The Hall–Kier alpha value is -1.30. The maximum Gasteiger partial charge on any atom is 0.0884 e. The standard InChI is InChI=1S/C9H11N3/c1-12-9-7(5-10)3-2-4-8(9)6-11-12/h6-7H,2-4H2,1H3. The predicted octanol–water partition coefficient (Wildman–Crippen LogP) is 1.36. The fraction of sp³-hybridized carbons (Fsp3) is 0.556. The highest BCUT2D eigenvalue weighted by atomic mass is 15.3. The molecular weight excluding hydrogens is 150 g/mol. The third-order valence-corrected chi connectivity index (χ3v) is 2.49. The zero-order chi connectivity index (χ0) is 8.55. The molecule has 0 saturated heterocycles. The Kier molecular flexibility index (Phi) is 1.61. The fourth-order valence-electron chi connectivity index (χ4n) is 1.89. The summed E-state index contributed by atoms with van der Waals surface area (Å²) in [5.41, 5.74) is 2.39. The van der Waals surface area contributed by atoms with Gasteiger partial charge in [0.15, 0.2) is 0 Å². The molecule has 62 valence electrons. The minimum Gasteiger partial charge on any atom is -0.271 e. The van der Waals surface area contributed by atoms with Gasteiger partial charge in [0.2, 0.25) is 0 Å². The monoisotopic (exact) mass is 161 g/mol. The molecule has 1 atom stereocenters. The summed E-state index contributed by atoms with van der Waals surface area (Å²) in [5, 5.41) is 13.1. The molecule has 0 radical (unpaired) electrons. The van der Waals surface area contributed by atoms with Gasteiger partial charge in [0.1, 0.15) is 0 Å². The van der Waals surface area contributed by atoms with E-state index in [4.69, 9.17) is 5.26 Å². The van der Waals surface area contributed by atoms with Crippen LogP contribution < -0.4 is 0 Å². The lowest BCUT2D eigenvalue weighted by Gasteiger charge is -2.16. The molecule has 0 N–H and O–H groups in total. The molecule has 3 nitrogen and oxygen atoms in total. The number of fused-ring (bicyclic) bond motifs is 1. The minimum atomic E-state index is 0.0706. The number of hydrogen-bond donors (Lipinski definition) is 0. The van der Waals surface area contributed by atoms with E-state index in [-0.39, 0.29) is 5.92 Å². The van der Waals surface area contributed by atoms with Gasteiger partial charge in [-0.1, -0.05) is 0 Å². The number of aromatic nitrogens is 2. The topological polar surface area (TPSA) is 41.6 Å². The van der Waals surface area contributed by atoms with E-state index in [0.29, 0.717) is 0 Å². The molecule has 0 amide bonds. The van der Waals surface area contributed by atoms with Gasteiger partial charge in [-0.2, -0.15) is 10.4 Å². The molecule has 1 aromatic heterocycles. The number of rotatable bonds is 0. The van der Waals surface area contributed by atoms with E-state index < -0.39 is 0 Å². The number of nitriles is 1. The van der Waals surface area contributed by atoms with Gasteiger partial charge < -0.3 is 0 Å². The zero-order valence-electron chi connectivity index (χ0n) is 7.12. The van der Waals surface area contributed by atoms with Gasteiger partial charge in [0, 0.05) is 7.05 Å². The summed E-state index contributed by atoms with van der Waals surface area (Å²) in [6, 6.07) is 2.33. The normalized spacial score (nSPS) is 21.5. The first-order chi connectivity index (χ1) is 5.83. The van der Waals surface area contributed by atoms with Gasteiger partial charge in [0.25, 0.3) is 0 Å². The Labute approximate surface area is 71.6 Å². The van der Waals surface area contributed by atoms with Crippen LogP contribution in [0.5, 0.6) is 0 Å². The van der Waals surface area contributed by atoms with Crippen LogP contribution in [0.25, 0.3) is 0 Å². The number of nitrogens with zero attached hydrogens (tertiary/aromatic N) is 3. The molecule has 0 aliphatic heterocycles. The highest BCUT2D eigenvalue weighted by Gasteiger charge is 2.23. The van der Waals surface area contributed by atoms with E-state index in [9.17, 15) is 0 Å². The fourth-order valence-corrected chi connectivity index (χ4v) is 1.89. The van der Waals surface area contributed by atoms with Crippen LogP contribution in [-0.2, 0) is 13.5 Å². The number of hydrogen-bond acceptors (Lipinski definition) is 2. The molecule has 0 fully saturated rings. The van der Waals surface area contributed by atoms with Crippen LogP contribution in [-0.4, -0.2) is 9.78 Å². The lowest BCUT2D eigenvalue weighted by Crippen LogP contribution is -2.11. The van der Waals surface area contributed by atoms with Crippen LogP contribution in [0.1, 0.15) is 30.0 Å². The molecule has 12 heavy (non-hydrogen) atoms. The van der Waals surface area contributed by atoms with E-state index in [1.54, 1.807) is 0 Å². The van der Waals surface area contributed by atoms with E-state index in [2.05, 4.69) is 11.2 Å². The maximum atomic E-state index is 8.89. The first-order valence-corrected chi connectivity index (χ1v) is 4.23. The Morgan fingerprint density at radius 2 is 2.58 bits per heavy atom. The third kappa shape index (κ3) is 0.918. The Bertz CT molecular complexity index is 332. The smallest absolute Gasteiger partial charge is 0.0884 e. The molecule has 2 rings (SSSR count). The second-order valence-electron chi connectivity index (χ2n) is 3.25. The molecular formula is C9H11N3. The average molecular weight is 161 g/mol. The van der Waals surface area contributed by atoms with Crippen molar-refractivity contribution in [2.24, 2.45) is 7.05 Å². The first kappa shape index (κ1) is 7.35. The molecule has 0 bridgehead atoms. The van der Waals surface area contributed by atoms with Crippen molar-refractivity contribution >= 4 is 0 Å². The molecule has 0 spiro atoms. The second-order valence-corrected chi connectivity index (χ2v) is 3.25. The largest absolute Gasteiger partial charge is 0.271 e. The molecule has 3 heteroatoms. The summed E-state index contributed by atoms with van der Waals surface area (Å²) in [5.74, 6) is 0.0706. The minimum absolute atomic E-state index is 0.0706. The number of aryl methyl sites for hydroxylation is 2. The van der Waals surface area contributed by atoms with E-state index in [1.165, 1.54) is 5.56 Å². The maximum absolute atomic E-state index is 8.89. The van der Waals surface area contributed by atoms with E-state index in [0.717, 1.165) is 25.0 Å². The van der Waals surface area contributed by atoms with Gasteiger partial charge in [-0.25, -0.2) is 0 Å².